The molecule has 0 aliphatic heterocycles. The Morgan fingerprint density at radius 2 is 1.83 bits per heavy atom. The Morgan fingerprint density at radius 1 is 1.17 bits per heavy atom. The second kappa shape index (κ2) is 6.12. The monoisotopic (exact) mass is 242 g/mol. The maximum atomic E-state index is 6.10. The Balaban J connectivity index is 1.80. The highest BCUT2D eigenvalue weighted by molar-refractivity contribution is 5.24. The number of benzene rings is 1. The molecule has 0 spiro atoms. The highest BCUT2D eigenvalue weighted by atomic mass is 15.1. The first-order valence-electron chi connectivity index (χ1n) is 6.09. The van der Waals surface area contributed by atoms with E-state index in [9.17, 15) is 0 Å². The van der Waals surface area contributed by atoms with Crippen molar-refractivity contribution in [3.8, 4) is 0 Å². The van der Waals surface area contributed by atoms with E-state index in [0.717, 1.165) is 24.1 Å². The van der Waals surface area contributed by atoms with Crippen molar-refractivity contribution in [3.05, 3.63) is 53.9 Å². The van der Waals surface area contributed by atoms with Gasteiger partial charge in [0.2, 0.25) is 5.95 Å². The highest BCUT2D eigenvalue weighted by Gasteiger charge is 2.04. The van der Waals surface area contributed by atoms with Crippen LogP contribution in [0, 0.1) is 6.92 Å². The maximum absolute atomic E-state index is 6.10. The normalized spacial score (nSPS) is 12.1. The lowest BCUT2D eigenvalue weighted by molar-refractivity contribution is 0.673. The molecule has 18 heavy (non-hydrogen) atoms. The fourth-order valence-electron chi connectivity index (χ4n) is 1.69. The van der Waals surface area contributed by atoms with Gasteiger partial charge in [-0.25, -0.2) is 9.97 Å². The summed E-state index contributed by atoms with van der Waals surface area (Å²) in [5.74, 6) is 0.654. The number of nitrogens with one attached hydrogen (secondary N) is 1. The summed E-state index contributed by atoms with van der Waals surface area (Å²) in [7, 11) is 0. The van der Waals surface area contributed by atoms with Crippen molar-refractivity contribution in [1.82, 2.24) is 9.97 Å². The largest absolute Gasteiger partial charge is 0.354 e. The molecular formula is C14H18N4. The molecule has 1 unspecified atom stereocenters. The van der Waals surface area contributed by atoms with Crippen molar-refractivity contribution in [1.29, 1.82) is 0 Å². The second-order valence-corrected chi connectivity index (χ2v) is 4.32. The molecule has 1 aromatic carbocycles. The zero-order chi connectivity index (χ0) is 12.8. The predicted octanol–water partition coefficient (Wildman–Crippen LogP) is 2.29. The van der Waals surface area contributed by atoms with Crippen molar-refractivity contribution in [2.45, 2.75) is 19.4 Å². The summed E-state index contributed by atoms with van der Waals surface area (Å²) < 4.78 is 0. The minimum atomic E-state index is 0.0455. The third-order valence-corrected chi connectivity index (χ3v) is 2.75. The van der Waals surface area contributed by atoms with E-state index in [0.29, 0.717) is 5.95 Å². The van der Waals surface area contributed by atoms with Crippen molar-refractivity contribution in [3.63, 3.8) is 0 Å². The van der Waals surface area contributed by atoms with Gasteiger partial charge in [0.05, 0.1) is 0 Å². The van der Waals surface area contributed by atoms with E-state index in [1.807, 2.05) is 37.3 Å². The lowest BCUT2D eigenvalue weighted by atomic mass is 10.1. The zero-order valence-electron chi connectivity index (χ0n) is 10.5. The van der Waals surface area contributed by atoms with Crippen LogP contribution in [0.25, 0.3) is 0 Å². The summed E-state index contributed by atoms with van der Waals surface area (Å²) in [6, 6.07) is 10.1. The molecule has 1 aromatic heterocycles. The minimum Gasteiger partial charge on any atom is -0.354 e. The third kappa shape index (κ3) is 3.53. The molecule has 0 radical (unpaired) electrons. The van der Waals surface area contributed by atoms with Crippen LogP contribution < -0.4 is 11.1 Å². The van der Waals surface area contributed by atoms with Crippen LogP contribution in [-0.4, -0.2) is 16.5 Å². The SMILES string of the molecule is Cc1cnc(NCCC(N)c2ccccc2)nc1. The van der Waals surface area contributed by atoms with E-state index in [4.69, 9.17) is 5.73 Å². The van der Waals surface area contributed by atoms with Gasteiger partial charge in [0, 0.05) is 25.0 Å². The minimum absolute atomic E-state index is 0.0455. The molecule has 1 atom stereocenters. The molecule has 4 nitrogen and oxygen atoms in total. The Morgan fingerprint density at radius 3 is 2.50 bits per heavy atom. The first-order chi connectivity index (χ1) is 8.75. The lowest BCUT2D eigenvalue weighted by Gasteiger charge is -2.12. The van der Waals surface area contributed by atoms with Crippen molar-refractivity contribution in [2.24, 2.45) is 5.73 Å². The molecule has 0 aliphatic rings. The molecule has 94 valence electrons. The van der Waals surface area contributed by atoms with E-state index >= 15 is 0 Å². The number of nitrogens with zero attached hydrogens (tertiary/aromatic N) is 2. The summed E-state index contributed by atoms with van der Waals surface area (Å²) in [6.07, 6.45) is 4.44. The van der Waals surface area contributed by atoms with Crippen LogP contribution >= 0.6 is 0 Å². The molecule has 2 rings (SSSR count). The first kappa shape index (κ1) is 12.5. The first-order valence-corrected chi connectivity index (χ1v) is 6.09. The Kier molecular flexibility index (Phi) is 4.25. The van der Waals surface area contributed by atoms with Gasteiger partial charge in [0.25, 0.3) is 0 Å². The van der Waals surface area contributed by atoms with Gasteiger partial charge in [0.1, 0.15) is 0 Å². The van der Waals surface area contributed by atoms with Crippen molar-refractivity contribution in [2.75, 3.05) is 11.9 Å². The highest BCUT2D eigenvalue weighted by Crippen LogP contribution is 2.13. The van der Waals surface area contributed by atoms with E-state index < -0.39 is 0 Å². The fraction of sp³-hybridized carbons (Fsp3) is 0.286. The number of nitrogens with two attached hydrogens (primary N) is 1. The zero-order valence-corrected chi connectivity index (χ0v) is 10.5. The van der Waals surface area contributed by atoms with E-state index in [1.54, 1.807) is 12.4 Å². The maximum Gasteiger partial charge on any atom is 0.222 e. The molecule has 0 bridgehead atoms. The molecule has 3 N–H and O–H groups in total. The van der Waals surface area contributed by atoms with Gasteiger partial charge < -0.3 is 11.1 Å². The molecular weight excluding hydrogens is 224 g/mol. The topological polar surface area (TPSA) is 63.8 Å². The molecule has 4 heteroatoms. The third-order valence-electron chi connectivity index (χ3n) is 2.75. The lowest BCUT2D eigenvalue weighted by Crippen LogP contribution is -2.16. The molecule has 0 amide bonds. The van der Waals surface area contributed by atoms with Gasteiger partial charge in [-0.2, -0.15) is 0 Å². The quantitative estimate of drug-likeness (QED) is 0.844. The van der Waals surface area contributed by atoms with Gasteiger partial charge >= 0.3 is 0 Å². The van der Waals surface area contributed by atoms with Crippen LogP contribution in [0.1, 0.15) is 23.6 Å². The summed E-state index contributed by atoms with van der Waals surface area (Å²) >= 11 is 0. The molecule has 0 saturated carbocycles. The van der Waals surface area contributed by atoms with Gasteiger partial charge in [-0.15, -0.1) is 0 Å². The average molecular weight is 242 g/mol. The number of rotatable bonds is 5. The van der Waals surface area contributed by atoms with E-state index in [2.05, 4.69) is 15.3 Å². The predicted molar refractivity (Wildman–Crippen MR) is 73.2 cm³/mol. The van der Waals surface area contributed by atoms with Gasteiger partial charge in [-0.3, -0.25) is 0 Å². The van der Waals surface area contributed by atoms with Gasteiger partial charge in [-0.05, 0) is 24.5 Å². The number of aryl methyl sites for hydroxylation is 1. The van der Waals surface area contributed by atoms with Crippen LogP contribution in [-0.2, 0) is 0 Å². The fourth-order valence-corrected chi connectivity index (χ4v) is 1.69. The summed E-state index contributed by atoms with van der Waals surface area (Å²) in [4.78, 5) is 8.37. The van der Waals surface area contributed by atoms with Crippen LogP contribution in [0.2, 0.25) is 0 Å². The summed E-state index contributed by atoms with van der Waals surface area (Å²) in [5.41, 5.74) is 8.32. The van der Waals surface area contributed by atoms with Crippen LogP contribution in [0.3, 0.4) is 0 Å². The number of anilines is 1. The van der Waals surface area contributed by atoms with Crippen molar-refractivity contribution < 1.29 is 0 Å². The summed E-state index contributed by atoms with van der Waals surface area (Å²) in [6.45, 7) is 2.73. The molecule has 2 aromatic rings. The average Bonchev–Trinajstić information content (AvgIpc) is 2.42. The van der Waals surface area contributed by atoms with Gasteiger partial charge in [0.15, 0.2) is 0 Å². The standard InChI is InChI=1S/C14H18N4/c1-11-9-17-14(18-10-11)16-8-7-13(15)12-5-3-2-4-6-12/h2-6,9-10,13H,7-8,15H2,1H3,(H,16,17,18). The second-order valence-electron chi connectivity index (χ2n) is 4.32. The van der Waals surface area contributed by atoms with Gasteiger partial charge in [-0.1, -0.05) is 30.3 Å². The van der Waals surface area contributed by atoms with E-state index in [-0.39, 0.29) is 6.04 Å². The number of hydrogen-bond donors (Lipinski definition) is 2. The van der Waals surface area contributed by atoms with Crippen LogP contribution in [0.5, 0.6) is 0 Å². The molecule has 1 heterocycles. The smallest absolute Gasteiger partial charge is 0.222 e. The van der Waals surface area contributed by atoms with Crippen LogP contribution in [0.4, 0.5) is 5.95 Å². The molecule has 0 fully saturated rings. The number of hydrogen-bond acceptors (Lipinski definition) is 4. The van der Waals surface area contributed by atoms with E-state index in [1.165, 1.54) is 0 Å². The Labute approximate surface area is 107 Å². The van der Waals surface area contributed by atoms with Crippen molar-refractivity contribution >= 4 is 5.95 Å². The molecule has 0 saturated heterocycles. The Bertz CT molecular complexity index is 467. The summed E-state index contributed by atoms with van der Waals surface area (Å²) in [5, 5.41) is 3.17. The molecule has 0 aliphatic carbocycles. The number of aromatic nitrogens is 2. The Hall–Kier alpha value is -1.94. The van der Waals surface area contributed by atoms with Crippen LogP contribution in [0.15, 0.2) is 42.7 Å².